The van der Waals surface area contributed by atoms with Crippen LogP contribution in [0, 0.1) is 0 Å². The van der Waals surface area contributed by atoms with Crippen molar-refractivity contribution in [1.29, 1.82) is 0 Å². The molecule has 8 rings (SSSR count). The van der Waals surface area contributed by atoms with Crippen molar-refractivity contribution in [2.75, 3.05) is 7.05 Å². The van der Waals surface area contributed by atoms with Crippen LogP contribution in [0.2, 0.25) is 0 Å². The number of thiophene rings is 1. The highest BCUT2D eigenvalue weighted by Gasteiger charge is 2.25. The van der Waals surface area contributed by atoms with E-state index in [2.05, 4.69) is 185 Å². The molecular weight excluding hydrogens is 659 g/mol. The van der Waals surface area contributed by atoms with Gasteiger partial charge in [-0.25, -0.2) is 0 Å². The molecule has 0 saturated carbocycles. The van der Waals surface area contributed by atoms with Crippen LogP contribution in [0.4, 0.5) is 0 Å². The predicted molar refractivity (Wildman–Crippen MR) is 235 cm³/mol. The van der Waals surface area contributed by atoms with Crippen molar-refractivity contribution in [1.82, 2.24) is 4.90 Å². The molecule has 260 valence electrons. The molecule has 0 fully saturated rings. The number of benzene rings is 4. The van der Waals surface area contributed by atoms with Gasteiger partial charge >= 0.3 is 0 Å². The fourth-order valence-electron chi connectivity index (χ4n) is 8.28. The maximum atomic E-state index is 4.35. The monoisotopic (exact) mass is 703 g/mol. The minimum Gasteiger partial charge on any atom is -0.344 e. The molecule has 3 aliphatic carbocycles. The van der Waals surface area contributed by atoms with Crippen LogP contribution in [0.15, 0.2) is 163 Å². The molecule has 5 aromatic rings. The molecule has 2 heteroatoms. The molecule has 0 radical (unpaired) electrons. The summed E-state index contributed by atoms with van der Waals surface area (Å²) >= 11 is 1.87. The lowest BCUT2D eigenvalue weighted by molar-refractivity contribution is 0.554. The first-order valence-corrected chi connectivity index (χ1v) is 19.5. The molecule has 0 saturated heterocycles. The number of hydrogen-bond donors (Lipinski definition) is 0. The van der Waals surface area contributed by atoms with Gasteiger partial charge in [0.05, 0.1) is 0 Å². The fourth-order valence-corrected chi connectivity index (χ4v) is 9.44. The van der Waals surface area contributed by atoms with Crippen molar-refractivity contribution in [2.24, 2.45) is 0 Å². The summed E-state index contributed by atoms with van der Waals surface area (Å²) in [6.45, 7) is 10.8. The van der Waals surface area contributed by atoms with E-state index in [1.54, 1.807) is 0 Å². The van der Waals surface area contributed by atoms with Gasteiger partial charge in [0.2, 0.25) is 0 Å². The van der Waals surface area contributed by atoms with Gasteiger partial charge in [0, 0.05) is 44.2 Å². The first-order chi connectivity index (χ1) is 26.0. The van der Waals surface area contributed by atoms with E-state index in [4.69, 9.17) is 0 Å². The van der Waals surface area contributed by atoms with E-state index < -0.39 is 0 Å². The summed E-state index contributed by atoms with van der Waals surface area (Å²) in [7, 11) is 2.20. The molecular formula is C51H45NS. The minimum absolute atomic E-state index is 0.818. The first-order valence-electron chi connectivity index (χ1n) is 18.7. The van der Waals surface area contributed by atoms with Crippen molar-refractivity contribution in [3.63, 3.8) is 0 Å². The molecule has 0 aliphatic heterocycles. The van der Waals surface area contributed by atoms with Gasteiger partial charge in [-0.1, -0.05) is 134 Å². The fraction of sp³-hybridized carbons (Fsp3) is 0.137. The van der Waals surface area contributed by atoms with Crippen LogP contribution in [-0.4, -0.2) is 11.9 Å². The molecule has 4 aromatic carbocycles. The highest BCUT2D eigenvalue weighted by atomic mass is 32.1. The number of likely N-dealkylation sites (N-methyl/N-ethyl adjacent to an activating group) is 1. The van der Waals surface area contributed by atoms with Crippen molar-refractivity contribution in [3.05, 3.63) is 197 Å². The molecule has 0 atom stereocenters. The molecule has 1 aromatic heterocycles. The second kappa shape index (κ2) is 14.7. The summed E-state index contributed by atoms with van der Waals surface area (Å²) in [4.78, 5) is 2.35. The third kappa shape index (κ3) is 6.18. The average molecular weight is 704 g/mol. The molecule has 0 spiro atoms. The zero-order valence-corrected chi connectivity index (χ0v) is 31.9. The van der Waals surface area contributed by atoms with Gasteiger partial charge in [0.1, 0.15) is 0 Å². The smallest absolute Gasteiger partial charge is 0.0484 e. The first kappa shape index (κ1) is 34.4. The Kier molecular flexibility index (Phi) is 9.56. The lowest BCUT2D eigenvalue weighted by Crippen LogP contribution is -2.16. The van der Waals surface area contributed by atoms with E-state index in [0.29, 0.717) is 0 Å². The van der Waals surface area contributed by atoms with Crippen LogP contribution in [-0.2, 0) is 6.42 Å². The quantitative estimate of drug-likeness (QED) is 0.138. The summed E-state index contributed by atoms with van der Waals surface area (Å²) < 4.78 is 2.60. The second-order valence-corrected chi connectivity index (χ2v) is 15.0. The van der Waals surface area contributed by atoms with E-state index >= 15 is 0 Å². The third-order valence-electron chi connectivity index (χ3n) is 10.8. The van der Waals surface area contributed by atoms with Crippen molar-refractivity contribution in [3.8, 4) is 11.1 Å². The number of rotatable bonds is 9. The molecule has 53 heavy (non-hydrogen) atoms. The molecule has 2 bridgehead atoms. The number of nitrogens with zero attached hydrogens (tertiary/aromatic N) is 1. The van der Waals surface area contributed by atoms with Gasteiger partial charge in [-0.05, 0) is 126 Å². The molecule has 0 N–H and O–H groups in total. The van der Waals surface area contributed by atoms with E-state index in [9.17, 15) is 0 Å². The lowest BCUT2D eigenvalue weighted by atomic mass is 9.80. The van der Waals surface area contributed by atoms with Gasteiger partial charge in [-0.2, -0.15) is 0 Å². The van der Waals surface area contributed by atoms with Gasteiger partial charge in [0.25, 0.3) is 0 Å². The summed E-state index contributed by atoms with van der Waals surface area (Å²) in [5.74, 6) is 0. The standard InChI is InChI=1S/C51H45NS/c1-6-18-36(21-16-20-34(4)38-31-30-35-32-46-40(38)26-17-27-42(46)41-23-13-12-22-39(35)41)52(5)48-28-11-9-10-24-43(48)47-33-50-51(44(19-7-2)37(47)8-3)45-25-14-15-29-49(45)53-50/h6-8,10-15,17-31,33H,3,9,16,32H2,1-2,4-5H3/b18-6-,19-7-,34-20+,36-21+. The molecule has 0 unspecified atom stereocenters. The Labute approximate surface area is 318 Å². The van der Waals surface area contributed by atoms with Crippen LogP contribution in [0.5, 0.6) is 0 Å². The number of hydrogen-bond acceptors (Lipinski definition) is 2. The van der Waals surface area contributed by atoms with E-state index in [1.165, 1.54) is 92.7 Å². The third-order valence-corrected chi connectivity index (χ3v) is 11.9. The Hall–Kier alpha value is -5.70. The van der Waals surface area contributed by atoms with Crippen LogP contribution >= 0.6 is 11.3 Å². The van der Waals surface area contributed by atoms with Gasteiger partial charge in [-0.3, -0.25) is 0 Å². The summed E-state index contributed by atoms with van der Waals surface area (Å²) in [6.07, 6.45) is 32.1. The maximum Gasteiger partial charge on any atom is 0.0484 e. The zero-order valence-electron chi connectivity index (χ0n) is 31.1. The van der Waals surface area contributed by atoms with Gasteiger partial charge < -0.3 is 4.90 Å². The number of fused-ring (bicyclic) bond motifs is 7. The Bertz CT molecular complexity index is 2580. The van der Waals surface area contributed by atoms with Crippen molar-refractivity contribution in [2.45, 2.75) is 40.0 Å². The van der Waals surface area contributed by atoms with Crippen molar-refractivity contribution < 1.29 is 0 Å². The van der Waals surface area contributed by atoms with E-state index in [-0.39, 0.29) is 0 Å². The van der Waals surface area contributed by atoms with Crippen LogP contribution in [0.25, 0.3) is 60.2 Å². The topological polar surface area (TPSA) is 3.24 Å². The zero-order chi connectivity index (χ0) is 36.5. The molecule has 1 nitrogen and oxygen atoms in total. The summed E-state index contributed by atoms with van der Waals surface area (Å²) in [6, 6.07) is 26.8. The van der Waals surface area contributed by atoms with Crippen LogP contribution in [0.1, 0.15) is 67.0 Å². The van der Waals surface area contributed by atoms with Crippen LogP contribution in [0.3, 0.4) is 0 Å². The molecule has 3 aliphatic rings. The van der Waals surface area contributed by atoms with Gasteiger partial charge in [0.15, 0.2) is 0 Å². The normalized spacial score (nSPS) is 15.6. The van der Waals surface area contributed by atoms with Crippen LogP contribution < -0.4 is 0 Å². The molecule has 1 heterocycles. The van der Waals surface area contributed by atoms with Crippen molar-refractivity contribution >= 4 is 60.4 Å². The largest absolute Gasteiger partial charge is 0.344 e. The minimum atomic E-state index is 0.818. The number of allylic oxidation sites excluding steroid dienone is 15. The Balaban J connectivity index is 1.18. The highest BCUT2D eigenvalue weighted by molar-refractivity contribution is 7.25. The molecule has 0 amide bonds. The Morgan fingerprint density at radius 1 is 0.792 bits per heavy atom. The summed E-state index contributed by atoms with van der Waals surface area (Å²) in [5, 5.41) is 2.61. The predicted octanol–water partition coefficient (Wildman–Crippen LogP) is 14.4. The Morgan fingerprint density at radius 3 is 2.40 bits per heavy atom. The lowest BCUT2D eigenvalue weighted by Gasteiger charge is -2.25. The maximum absolute atomic E-state index is 4.35. The SMILES string of the molecule is C=Cc1c(C2=C(N(C)C(/C=C\C)=C/C/C=C(\C)C3=CC=C4Cc5c3cccc5-c3ccccc34)C=CCC=C2)cc2sc3ccccc3c2c1/C=C\C. The van der Waals surface area contributed by atoms with Gasteiger partial charge in [-0.15, -0.1) is 11.3 Å². The highest BCUT2D eigenvalue weighted by Crippen LogP contribution is 2.46. The average Bonchev–Trinajstić information content (AvgIpc) is 3.29. The van der Waals surface area contributed by atoms with E-state index in [1.807, 2.05) is 17.4 Å². The van der Waals surface area contributed by atoms with E-state index in [0.717, 1.165) is 25.0 Å². The summed E-state index contributed by atoms with van der Waals surface area (Å²) in [5.41, 5.74) is 18.0. The Morgan fingerprint density at radius 2 is 1.57 bits per heavy atom. The second-order valence-electron chi connectivity index (χ2n) is 13.9.